The normalized spacial score (nSPS) is 13.0. The van der Waals surface area contributed by atoms with E-state index in [0.29, 0.717) is 27.9 Å². The molecule has 1 saturated carbocycles. The van der Waals surface area contributed by atoms with Crippen LogP contribution in [0.15, 0.2) is 55.0 Å². The Morgan fingerprint density at radius 2 is 1.88 bits per heavy atom. The van der Waals surface area contributed by atoms with E-state index in [9.17, 15) is 14.0 Å². The summed E-state index contributed by atoms with van der Waals surface area (Å²) in [5, 5.41) is 12.4. The number of aromatic nitrogens is 3. The van der Waals surface area contributed by atoms with Gasteiger partial charge in [-0.2, -0.15) is 5.10 Å². The summed E-state index contributed by atoms with van der Waals surface area (Å²) >= 11 is 0. The molecule has 34 heavy (non-hydrogen) atoms. The number of nitrogens with two attached hydrogens (primary N) is 1. The van der Waals surface area contributed by atoms with Gasteiger partial charge in [0.25, 0.3) is 5.91 Å². The number of fused-ring (bicyclic) bond motifs is 1. The SMILES string of the molecule is Cc1ccc(F)c(NC(=O)Nc2ccc(-c3c(C(=O)NC4CC4)cn4ncnc(N)c34)cc2)c1. The fraction of sp³-hybridized carbons (Fsp3) is 0.167. The van der Waals surface area contributed by atoms with Crippen LogP contribution in [-0.2, 0) is 0 Å². The maximum absolute atomic E-state index is 13.9. The molecule has 1 aliphatic rings. The monoisotopic (exact) mass is 459 g/mol. The number of amides is 3. The van der Waals surface area contributed by atoms with E-state index in [-0.39, 0.29) is 23.5 Å². The molecule has 1 fully saturated rings. The molecule has 5 N–H and O–H groups in total. The summed E-state index contributed by atoms with van der Waals surface area (Å²) in [4.78, 5) is 29.3. The van der Waals surface area contributed by atoms with Gasteiger partial charge in [0.1, 0.15) is 17.7 Å². The second-order valence-electron chi connectivity index (χ2n) is 8.24. The number of hydrogen-bond acceptors (Lipinski definition) is 5. The molecule has 10 heteroatoms. The minimum absolute atomic E-state index is 0.0937. The van der Waals surface area contributed by atoms with Crippen molar-refractivity contribution in [2.75, 3.05) is 16.4 Å². The fourth-order valence-corrected chi connectivity index (χ4v) is 3.73. The summed E-state index contributed by atoms with van der Waals surface area (Å²) in [7, 11) is 0. The van der Waals surface area contributed by atoms with Crippen LogP contribution >= 0.6 is 0 Å². The van der Waals surface area contributed by atoms with E-state index in [1.807, 2.05) is 6.92 Å². The van der Waals surface area contributed by atoms with Gasteiger partial charge in [0.2, 0.25) is 0 Å². The van der Waals surface area contributed by atoms with Crippen LogP contribution in [0.3, 0.4) is 0 Å². The van der Waals surface area contributed by atoms with Crippen molar-refractivity contribution in [3.8, 4) is 11.1 Å². The first kappa shape index (κ1) is 21.4. The molecule has 9 nitrogen and oxygen atoms in total. The number of nitrogens with zero attached hydrogens (tertiary/aromatic N) is 3. The van der Waals surface area contributed by atoms with E-state index in [2.05, 4.69) is 26.0 Å². The van der Waals surface area contributed by atoms with Crippen LogP contribution in [0.1, 0.15) is 28.8 Å². The van der Waals surface area contributed by atoms with Gasteiger partial charge in [-0.05, 0) is 55.2 Å². The molecule has 5 rings (SSSR count). The van der Waals surface area contributed by atoms with Crippen molar-refractivity contribution in [3.05, 3.63) is 71.9 Å². The highest BCUT2D eigenvalue weighted by Crippen LogP contribution is 2.33. The topological polar surface area (TPSA) is 126 Å². The second kappa shape index (κ2) is 8.47. The maximum Gasteiger partial charge on any atom is 0.323 e. The average molecular weight is 459 g/mol. The highest BCUT2D eigenvalue weighted by atomic mass is 19.1. The van der Waals surface area contributed by atoms with Crippen molar-refractivity contribution in [2.45, 2.75) is 25.8 Å². The zero-order chi connectivity index (χ0) is 23.8. The van der Waals surface area contributed by atoms with Gasteiger partial charge >= 0.3 is 6.03 Å². The number of anilines is 3. The van der Waals surface area contributed by atoms with E-state index in [1.165, 1.54) is 16.9 Å². The zero-order valence-electron chi connectivity index (χ0n) is 18.3. The lowest BCUT2D eigenvalue weighted by Gasteiger charge is -2.11. The molecule has 0 bridgehead atoms. The largest absolute Gasteiger partial charge is 0.382 e. The van der Waals surface area contributed by atoms with Crippen molar-refractivity contribution in [3.63, 3.8) is 0 Å². The highest BCUT2D eigenvalue weighted by molar-refractivity contribution is 6.07. The van der Waals surface area contributed by atoms with Crippen molar-refractivity contribution in [1.82, 2.24) is 19.9 Å². The molecule has 0 aliphatic heterocycles. The van der Waals surface area contributed by atoms with E-state index in [1.54, 1.807) is 42.6 Å². The number of hydrogen-bond donors (Lipinski definition) is 4. The standard InChI is InChI=1S/C24H22FN7O2/c1-13-2-9-18(25)19(10-13)31-24(34)30-16-5-3-14(4-6-16)20-17(23(33)29-15-7-8-15)11-32-21(20)22(26)27-12-28-32/h2-6,9-12,15H,7-8H2,1H3,(H,29,33)(H2,26,27,28)(H2,30,31,34). The molecule has 3 amide bonds. The first-order chi connectivity index (χ1) is 16.4. The number of aryl methyl sites for hydroxylation is 1. The number of urea groups is 1. The number of carbonyl (C=O) groups is 2. The Morgan fingerprint density at radius 3 is 2.62 bits per heavy atom. The summed E-state index contributed by atoms with van der Waals surface area (Å²) in [6, 6.07) is 11.0. The summed E-state index contributed by atoms with van der Waals surface area (Å²) in [6.45, 7) is 1.81. The van der Waals surface area contributed by atoms with Gasteiger partial charge in [-0.3, -0.25) is 4.79 Å². The molecule has 172 valence electrons. The predicted molar refractivity (Wildman–Crippen MR) is 127 cm³/mol. The number of carbonyl (C=O) groups excluding carboxylic acids is 2. The molecule has 1 aliphatic carbocycles. The van der Waals surface area contributed by atoms with Gasteiger partial charge in [0, 0.05) is 23.5 Å². The van der Waals surface area contributed by atoms with Crippen LogP contribution in [0.4, 0.5) is 26.4 Å². The third kappa shape index (κ3) is 4.25. The third-order valence-corrected chi connectivity index (χ3v) is 5.56. The minimum atomic E-state index is -0.575. The quantitative estimate of drug-likeness (QED) is 0.359. The molecule has 0 radical (unpaired) electrons. The third-order valence-electron chi connectivity index (χ3n) is 5.56. The minimum Gasteiger partial charge on any atom is -0.382 e. The lowest BCUT2D eigenvalue weighted by molar-refractivity contribution is 0.0951. The second-order valence-corrected chi connectivity index (χ2v) is 8.24. The van der Waals surface area contributed by atoms with Gasteiger partial charge in [0.15, 0.2) is 5.82 Å². The molecule has 0 unspecified atom stereocenters. The molecule has 2 aromatic heterocycles. The fourth-order valence-electron chi connectivity index (χ4n) is 3.73. The number of halogens is 1. The van der Waals surface area contributed by atoms with Gasteiger partial charge in [-0.1, -0.05) is 18.2 Å². The number of nitrogen functional groups attached to an aromatic ring is 1. The van der Waals surface area contributed by atoms with Crippen LogP contribution in [0, 0.1) is 12.7 Å². The average Bonchev–Trinajstić information content (AvgIpc) is 3.53. The van der Waals surface area contributed by atoms with Crippen LogP contribution in [0.2, 0.25) is 0 Å². The van der Waals surface area contributed by atoms with Crippen molar-refractivity contribution < 1.29 is 14.0 Å². The molecule has 0 atom stereocenters. The van der Waals surface area contributed by atoms with Crippen LogP contribution in [0.5, 0.6) is 0 Å². The number of benzene rings is 2. The number of nitrogens with one attached hydrogen (secondary N) is 3. The molecular formula is C24H22FN7O2. The van der Waals surface area contributed by atoms with Crippen LogP contribution in [-0.4, -0.2) is 32.6 Å². The molecular weight excluding hydrogens is 437 g/mol. The van der Waals surface area contributed by atoms with E-state index < -0.39 is 11.8 Å². The lowest BCUT2D eigenvalue weighted by Crippen LogP contribution is -2.25. The van der Waals surface area contributed by atoms with E-state index in [4.69, 9.17) is 5.73 Å². The van der Waals surface area contributed by atoms with Crippen molar-refractivity contribution >= 4 is 34.6 Å². The zero-order valence-corrected chi connectivity index (χ0v) is 18.3. The Morgan fingerprint density at radius 1 is 1.12 bits per heavy atom. The summed E-state index contributed by atoms with van der Waals surface area (Å²) < 4.78 is 15.5. The molecule has 2 aromatic carbocycles. The molecule has 4 aromatic rings. The van der Waals surface area contributed by atoms with Crippen molar-refractivity contribution in [2.24, 2.45) is 0 Å². The van der Waals surface area contributed by atoms with Gasteiger partial charge in [-0.25, -0.2) is 18.7 Å². The first-order valence-electron chi connectivity index (χ1n) is 10.8. The number of rotatable bonds is 5. The molecule has 0 spiro atoms. The summed E-state index contributed by atoms with van der Waals surface area (Å²) in [6.07, 6.45) is 4.89. The lowest BCUT2D eigenvalue weighted by atomic mass is 10.0. The Kier molecular flexibility index (Phi) is 5.33. The first-order valence-corrected chi connectivity index (χ1v) is 10.8. The van der Waals surface area contributed by atoms with Gasteiger partial charge in [-0.15, -0.1) is 0 Å². The van der Waals surface area contributed by atoms with E-state index >= 15 is 0 Å². The smallest absolute Gasteiger partial charge is 0.323 e. The molecule has 0 saturated heterocycles. The van der Waals surface area contributed by atoms with Gasteiger partial charge < -0.3 is 21.7 Å². The highest BCUT2D eigenvalue weighted by Gasteiger charge is 2.27. The Labute approximate surface area is 194 Å². The summed E-state index contributed by atoms with van der Waals surface area (Å²) in [5.74, 6) is -0.477. The van der Waals surface area contributed by atoms with E-state index in [0.717, 1.165) is 18.4 Å². The van der Waals surface area contributed by atoms with Crippen molar-refractivity contribution in [1.29, 1.82) is 0 Å². The Bertz CT molecular complexity index is 1410. The van der Waals surface area contributed by atoms with Crippen LogP contribution in [0.25, 0.3) is 16.6 Å². The van der Waals surface area contributed by atoms with Gasteiger partial charge in [0.05, 0.1) is 11.3 Å². The summed E-state index contributed by atoms with van der Waals surface area (Å²) in [5.41, 5.74) is 9.80. The molecule has 2 heterocycles. The predicted octanol–water partition coefficient (Wildman–Crippen LogP) is 3.96. The Balaban J connectivity index is 1.41. The Hall–Kier alpha value is -4.47. The van der Waals surface area contributed by atoms with Crippen LogP contribution < -0.4 is 21.7 Å². The maximum atomic E-state index is 13.9.